The molecule has 4 heterocycles. The van der Waals surface area contributed by atoms with Gasteiger partial charge in [-0.05, 0) is 106 Å². The zero-order valence-electron chi connectivity index (χ0n) is 43.5. The van der Waals surface area contributed by atoms with Gasteiger partial charge in [0.1, 0.15) is 35.1 Å². The number of rotatable bonds is 11. The van der Waals surface area contributed by atoms with Crippen molar-refractivity contribution < 1.29 is 63.5 Å². The Morgan fingerprint density at radius 2 is 1.56 bits per heavy atom. The summed E-state index contributed by atoms with van der Waals surface area (Å²) in [6.45, 7) is 19.5. The first-order valence-corrected chi connectivity index (χ1v) is 24.7. The number of nitrogens with one attached hydrogen (secondary N) is 1. The maximum atomic E-state index is 14.6. The molecule has 18 nitrogen and oxygen atoms in total. The number of aliphatic hydroxyl groups is 5. The predicted molar refractivity (Wildman–Crippen MR) is 257 cm³/mol. The molecule has 5 rings (SSSR count). The van der Waals surface area contributed by atoms with Crippen molar-refractivity contribution in [3.8, 4) is 0 Å². The highest BCUT2D eigenvalue weighted by atomic mass is 16.7. The number of ether oxygens (including phenoxy) is 6. The number of likely N-dealkylation sites (N-methyl/N-ethyl adjacent to an activating group) is 2. The van der Waals surface area contributed by atoms with Crippen molar-refractivity contribution >= 4 is 17.7 Å². The molecule has 4 aliphatic heterocycles. The van der Waals surface area contributed by atoms with E-state index in [-0.39, 0.29) is 31.2 Å². The van der Waals surface area contributed by atoms with Gasteiger partial charge in [0.2, 0.25) is 0 Å². The first kappa shape index (κ1) is 56.4. The topological polar surface area (TPSA) is 216 Å². The van der Waals surface area contributed by atoms with E-state index >= 15 is 0 Å². The van der Waals surface area contributed by atoms with Crippen molar-refractivity contribution in [1.82, 2.24) is 20.0 Å². The molecule has 0 unspecified atom stereocenters. The van der Waals surface area contributed by atoms with Crippen molar-refractivity contribution in [2.24, 2.45) is 17.8 Å². The van der Waals surface area contributed by atoms with E-state index in [0.29, 0.717) is 31.2 Å². The second kappa shape index (κ2) is 22.5. The van der Waals surface area contributed by atoms with Crippen LogP contribution in [0.3, 0.4) is 0 Å². The fourth-order valence-corrected chi connectivity index (χ4v) is 11.1. The average Bonchev–Trinajstić information content (AvgIpc) is 3.27. The SMILES string of the molecule is CC[C@H]1OC(=O)[C@H](C)[C@@H](O[C@H]2C[C@@](C)(OC)[C@](O)(CN3CC(N(C)C)C3)[C@H](C)O2)[C@H](C)[C@@H](O[C@@H]2O[C@H](C)C[C@H](N(C)C(=O)N(C)c3ccccc3)[C@H]2O)[C@](C)(O)C[C@@H](C)CN[C@H](C)[C@@H](O)[C@]1(C)O. The summed E-state index contributed by atoms with van der Waals surface area (Å²) in [5.41, 5.74) is -5.52. The van der Waals surface area contributed by atoms with Crippen molar-refractivity contribution in [2.45, 2.75) is 191 Å². The number of carbonyl (C=O) groups excluding carboxylic acids is 2. The normalized spacial score (nSPS) is 42.9. The van der Waals surface area contributed by atoms with Crippen LogP contribution in [0.2, 0.25) is 0 Å². The van der Waals surface area contributed by atoms with E-state index in [1.165, 1.54) is 16.7 Å². The summed E-state index contributed by atoms with van der Waals surface area (Å²) in [5.74, 6) is -2.97. The number of methoxy groups -OCH3 is 1. The zero-order valence-corrected chi connectivity index (χ0v) is 43.5. The summed E-state index contributed by atoms with van der Waals surface area (Å²) >= 11 is 0. The number of esters is 1. The maximum Gasteiger partial charge on any atom is 0.324 e. The number of likely N-dealkylation sites (tertiary alicyclic amines) is 1. The van der Waals surface area contributed by atoms with Crippen molar-refractivity contribution in [3.05, 3.63) is 30.3 Å². The Kier molecular flexibility index (Phi) is 18.6. The Bertz CT molecular complexity index is 1790. The van der Waals surface area contributed by atoms with Crippen LogP contribution in [0.15, 0.2) is 30.3 Å². The van der Waals surface area contributed by atoms with Crippen LogP contribution in [0, 0.1) is 17.8 Å². The van der Waals surface area contributed by atoms with Crippen LogP contribution in [0.5, 0.6) is 0 Å². The van der Waals surface area contributed by atoms with Gasteiger partial charge in [-0.25, -0.2) is 4.79 Å². The van der Waals surface area contributed by atoms with Gasteiger partial charge in [0, 0.05) is 70.9 Å². The Morgan fingerprint density at radius 1 is 0.926 bits per heavy atom. The van der Waals surface area contributed by atoms with Gasteiger partial charge in [-0.15, -0.1) is 0 Å². The quantitative estimate of drug-likeness (QED) is 0.176. The van der Waals surface area contributed by atoms with Gasteiger partial charge in [0.15, 0.2) is 12.6 Å². The molecule has 2 amide bonds. The van der Waals surface area contributed by atoms with E-state index in [0.717, 1.165) is 13.1 Å². The molecule has 68 heavy (non-hydrogen) atoms. The molecule has 0 aliphatic carbocycles. The molecule has 18 atom stereocenters. The predicted octanol–water partition coefficient (Wildman–Crippen LogP) is 2.80. The largest absolute Gasteiger partial charge is 0.459 e. The molecule has 0 aromatic heterocycles. The first-order chi connectivity index (χ1) is 31.6. The molecule has 6 N–H and O–H groups in total. The number of carbonyl (C=O) groups is 2. The van der Waals surface area contributed by atoms with Crippen LogP contribution in [0.25, 0.3) is 0 Å². The molecule has 18 heteroatoms. The molecule has 4 saturated heterocycles. The molecule has 4 aliphatic rings. The summed E-state index contributed by atoms with van der Waals surface area (Å²) in [7, 11) is 8.91. The van der Waals surface area contributed by atoms with E-state index in [4.69, 9.17) is 28.4 Å². The number of cyclic esters (lactones) is 1. The van der Waals surface area contributed by atoms with Crippen LogP contribution in [-0.2, 0) is 33.2 Å². The number of urea groups is 1. The molecule has 4 fully saturated rings. The van der Waals surface area contributed by atoms with Crippen LogP contribution in [0.4, 0.5) is 10.5 Å². The van der Waals surface area contributed by atoms with E-state index in [2.05, 4.69) is 15.1 Å². The minimum atomic E-state index is -1.86. The average molecular weight is 966 g/mol. The highest BCUT2D eigenvalue weighted by Crippen LogP contribution is 2.44. The lowest BCUT2D eigenvalue weighted by Gasteiger charge is -2.56. The number of nitrogens with zero attached hydrogens (tertiary/aromatic N) is 4. The smallest absolute Gasteiger partial charge is 0.324 e. The number of para-hydroxylation sites is 1. The maximum absolute atomic E-state index is 14.6. The van der Waals surface area contributed by atoms with Gasteiger partial charge in [-0.2, -0.15) is 0 Å². The monoisotopic (exact) mass is 966 g/mol. The summed E-state index contributed by atoms with van der Waals surface area (Å²) in [4.78, 5) is 35.8. The lowest BCUT2D eigenvalue weighted by Crippen LogP contribution is -2.72. The summed E-state index contributed by atoms with van der Waals surface area (Å²) in [6.07, 6.45) is -9.20. The van der Waals surface area contributed by atoms with Crippen molar-refractivity contribution in [3.63, 3.8) is 0 Å². The number of β-amino-alcohol motifs (C(OH)–C–C–N with tert-alkyl or cyclic N) is 1. The fraction of sp³-hybridized carbons (Fsp3) is 0.840. The zero-order chi connectivity index (χ0) is 50.8. The highest BCUT2D eigenvalue weighted by molar-refractivity contribution is 5.91. The summed E-state index contributed by atoms with van der Waals surface area (Å²) in [6, 6.07) is 7.79. The lowest BCUT2D eigenvalue weighted by atomic mass is 9.74. The minimum absolute atomic E-state index is 0.0582. The number of anilines is 1. The van der Waals surface area contributed by atoms with Gasteiger partial charge >= 0.3 is 12.0 Å². The van der Waals surface area contributed by atoms with Crippen LogP contribution in [-0.4, -0.2) is 210 Å². The van der Waals surface area contributed by atoms with Gasteiger partial charge < -0.3 is 69.1 Å². The Hall–Kier alpha value is -2.56. The second-order valence-electron chi connectivity index (χ2n) is 21.7. The molecule has 390 valence electrons. The van der Waals surface area contributed by atoms with E-state index in [9.17, 15) is 35.1 Å². The molecule has 0 saturated carbocycles. The molecule has 1 aromatic rings. The molecule has 0 radical (unpaired) electrons. The Morgan fingerprint density at radius 3 is 2.15 bits per heavy atom. The van der Waals surface area contributed by atoms with Gasteiger partial charge in [0.05, 0.1) is 42.0 Å². The van der Waals surface area contributed by atoms with Crippen molar-refractivity contribution in [2.75, 3.05) is 66.4 Å². The number of hydrogen-bond donors (Lipinski definition) is 6. The number of benzene rings is 1. The molecule has 0 bridgehead atoms. The van der Waals surface area contributed by atoms with Gasteiger partial charge in [-0.3, -0.25) is 14.6 Å². The second-order valence-corrected chi connectivity index (χ2v) is 21.7. The third kappa shape index (κ3) is 12.0. The van der Waals surface area contributed by atoms with Crippen LogP contribution in [0.1, 0.15) is 94.9 Å². The highest BCUT2D eigenvalue weighted by Gasteiger charge is 2.60. The third-order valence-corrected chi connectivity index (χ3v) is 15.9. The standard InChI is InChI=1S/C50H87N5O13/c1-16-38-49(10,61)42(57)33(6)51-25-29(2)23-47(8,60)43(68-45-40(56)37(22-30(3)64-45)54(14)46(59)53(13)35-20-18-17-19-21-35)31(4)41(32(5)44(58)66-38)67-39-24-48(9,63-15)50(62,34(7)65-39)28-55-26-36(27-55)52(11)12/h17-21,29-34,36-43,45,51,56-57,60-62H,16,22-28H2,1-15H3/t29-,30-,31+,32-,33-,34+,37+,38-,39+,40-,41+,42-,43-,45+,47-,48-,49-,50+/m1/s1. The molecular formula is C50H87N5O13. The number of amides is 2. The fourth-order valence-electron chi connectivity index (χ4n) is 11.1. The third-order valence-electron chi connectivity index (χ3n) is 15.9. The van der Waals surface area contributed by atoms with Crippen LogP contribution < -0.4 is 10.2 Å². The molecular weight excluding hydrogens is 879 g/mol. The van der Waals surface area contributed by atoms with Crippen LogP contribution >= 0.6 is 0 Å². The van der Waals surface area contributed by atoms with E-state index in [1.807, 2.05) is 65.2 Å². The molecule has 0 spiro atoms. The Balaban J connectivity index is 1.53. The number of aliphatic hydroxyl groups excluding tert-OH is 2. The lowest BCUT2D eigenvalue weighted by molar-refractivity contribution is -0.340. The number of hydrogen-bond acceptors (Lipinski definition) is 16. The molecule has 1 aromatic carbocycles. The van der Waals surface area contributed by atoms with E-state index in [1.54, 1.807) is 62.7 Å². The first-order valence-electron chi connectivity index (χ1n) is 24.7. The summed E-state index contributed by atoms with van der Waals surface area (Å²) < 4.78 is 39.0. The van der Waals surface area contributed by atoms with Gasteiger partial charge in [-0.1, -0.05) is 39.0 Å². The van der Waals surface area contributed by atoms with Crippen molar-refractivity contribution in [1.29, 1.82) is 0 Å². The summed E-state index contributed by atoms with van der Waals surface area (Å²) in [5, 5.41) is 64.1. The van der Waals surface area contributed by atoms with Gasteiger partial charge in [0.25, 0.3) is 0 Å². The Labute approximate surface area is 405 Å². The van der Waals surface area contributed by atoms with E-state index < -0.39 is 108 Å². The minimum Gasteiger partial charge on any atom is -0.459 e.